The van der Waals surface area contributed by atoms with Crippen LogP contribution in [0.1, 0.15) is 33.0 Å². The zero-order valence-corrected chi connectivity index (χ0v) is 17.5. The summed E-state index contributed by atoms with van der Waals surface area (Å²) in [5.74, 6) is -2.33. The van der Waals surface area contributed by atoms with E-state index in [9.17, 15) is 18.4 Å². The number of aromatic nitrogens is 4. The smallest absolute Gasteiger partial charge is 0.361 e. The lowest BCUT2D eigenvalue weighted by Gasteiger charge is -2.05. The summed E-state index contributed by atoms with van der Waals surface area (Å²) >= 11 is 0. The number of rotatable bonds is 8. The van der Waals surface area contributed by atoms with Crippen LogP contribution in [0.2, 0.25) is 0 Å². The molecule has 0 aliphatic heterocycles. The highest BCUT2D eigenvalue weighted by atomic mass is 19.1. The highest BCUT2D eigenvalue weighted by Crippen LogP contribution is 2.13. The van der Waals surface area contributed by atoms with Gasteiger partial charge in [0.1, 0.15) is 17.3 Å². The third kappa shape index (κ3) is 5.97. The number of halogens is 2. The summed E-state index contributed by atoms with van der Waals surface area (Å²) in [6.07, 6.45) is 1.96. The molecule has 4 aromatic rings. The number of esters is 1. The predicted molar refractivity (Wildman–Crippen MR) is 116 cm³/mol. The van der Waals surface area contributed by atoms with E-state index in [0.29, 0.717) is 23.4 Å². The van der Waals surface area contributed by atoms with E-state index in [1.54, 1.807) is 6.07 Å². The third-order valence-corrected chi connectivity index (χ3v) is 4.98. The fourth-order valence-electron chi connectivity index (χ4n) is 3.33. The van der Waals surface area contributed by atoms with Crippen molar-refractivity contribution in [1.82, 2.24) is 20.4 Å². The van der Waals surface area contributed by atoms with Gasteiger partial charge in [-0.1, -0.05) is 30.3 Å². The molecule has 9 heteroatoms. The SMILES string of the molecule is O=C(Oc1cc(CCc2cc(F)cc(F)c2)n[nH]c1=O)c1cc(CCc2ccccc2)n[nH]1. The van der Waals surface area contributed by atoms with Crippen LogP contribution in [0, 0.1) is 11.6 Å². The fraction of sp³-hybridized carbons (Fsp3) is 0.167. The van der Waals surface area contributed by atoms with E-state index in [2.05, 4.69) is 20.4 Å². The van der Waals surface area contributed by atoms with Crippen LogP contribution in [-0.4, -0.2) is 26.4 Å². The second-order valence-corrected chi connectivity index (χ2v) is 7.48. The Labute approximate surface area is 187 Å². The molecule has 0 spiro atoms. The molecule has 33 heavy (non-hydrogen) atoms. The molecule has 0 radical (unpaired) electrons. The van der Waals surface area contributed by atoms with Gasteiger partial charge in [-0.3, -0.25) is 9.89 Å². The normalized spacial score (nSPS) is 10.8. The minimum absolute atomic E-state index is 0.117. The topological polar surface area (TPSA) is 101 Å². The van der Waals surface area contributed by atoms with Crippen LogP contribution in [0.15, 0.2) is 65.5 Å². The van der Waals surface area contributed by atoms with Gasteiger partial charge in [-0.05, 0) is 55.0 Å². The van der Waals surface area contributed by atoms with Crippen molar-refractivity contribution in [1.29, 1.82) is 0 Å². The van der Waals surface area contributed by atoms with Gasteiger partial charge in [-0.25, -0.2) is 18.7 Å². The minimum atomic E-state index is -0.761. The largest absolute Gasteiger partial charge is 0.416 e. The Bertz CT molecular complexity index is 1300. The lowest BCUT2D eigenvalue weighted by atomic mass is 10.1. The summed E-state index contributed by atoms with van der Waals surface area (Å²) in [5.41, 5.74) is 2.13. The van der Waals surface area contributed by atoms with Crippen LogP contribution in [0.4, 0.5) is 8.78 Å². The number of aromatic amines is 2. The van der Waals surface area contributed by atoms with Gasteiger partial charge in [0.05, 0.1) is 11.4 Å². The van der Waals surface area contributed by atoms with Crippen molar-refractivity contribution < 1.29 is 18.3 Å². The van der Waals surface area contributed by atoms with Gasteiger partial charge in [0.15, 0.2) is 5.75 Å². The first-order chi connectivity index (χ1) is 16.0. The Morgan fingerprint density at radius 2 is 1.42 bits per heavy atom. The van der Waals surface area contributed by atoms with E-state index in [4.69, 9.17) is 4.74 Å². The lowest BCUT2D eigenvalue weighted by molar-refractivity contribution is 0.0725. The van der Waals surface area contributed by atoms with Crippen LogP contribution in [0.5, 0.6) is 5.75 Å². The van der Waals surface area contributed by atoms with Crippen molar-refractivity contribution in [3.8, 4) is 5.75 Å². The number of hydrogen-bond acceptors (Lipinski definition) is 5. The van der Waals surface area contributed by atoms with E-state index in [1.807, 2.05) is 30.3 Å². The summed E-state index contributed by atoms with van der Waals surface area (Å²) in [6.45, 7) is 0. The van der Waals surface area contributed by atoms with Crippen molar-refractivity contribution in [2.24, 2.45) is 0 Å². The molecule has 0 amide bonds. The highest BCUT2D eigenvalue weighted by molar-refractivity contribution is 5.89. The fourth-order valence-corrected chi connectivity index (χ4v) is 3.33. The monoisotopic (exact) mass is 450 g/mol. The lowest BCUT2D eigenvalue weighted by Crippen LogP contribution is -2.19. The summed E-state index contributed by atoms with van der Waals surface area (Å²) in [4.78, 5) is 24.5. The van der Waals surface area contributed by atoms with Crippen LogP contribution < -0.4 is 10.3 Å². The molecule has 2 aromatic heterocycles. The highest BCUT2D eigenvalue weighted by Gasteiger charge is 2.16. The molecule has 7 nitrogen and oxygen atoms in total. The molecular formula is C24H20F2N4O3. The summed E-state index contributed by atoms with van der Waals surface area (Å²) in [5, 5.41) is 12.9. The first-order valence-corrected chi connectivity index (χ1v) is 10.3. The molecule has 0 unspecified atom stereocenters. The van der Waals surface area contributed by atoms with Crippen LogP contribution in [-0.2, 0) is 25.7 Å². The summed E-state index contributed by atoms with van der Waals surface area (Å²) in [6, 6.07) is 16.0. The number of nitrogens with zero attached hydrogens (tertiary/aromatic N) is 2. The number of carbonyl (C=O) groups excluding carboxylic acids is 1. The number of benzene rings is 2. The van der Waals surface area contributed by atoms with Gasteiger partial charge in [0, 0.05) is 12.1 Å². The molecule has 0 bridgehead atoms. The van der Waals surface area contributed by atoms with Crippen molar-refractivity contribution in [2.75, 3.05) is 0 Å². The minimum Gasteiger partial charge on any atom is -0.416 e. The van der Waals surface area contributed by atoms with Gasteiger partial charge in [-0.15, -0.1) is 0 Å². The maximum atomic E-state index is 13.3. The Hall–Kier alpha value is -4.14. The van der Waals surface area contributed by atoms with Gasteiger partial charge in [0.2, 0.25) is 0 Å². The maximum Gasteiger partial charge on any atom is 0.361 e. The number of carbonyl (C=O) groups is 1. The van der Waals surface area contributed by atoms with Gasteiger partial charge in [0.25, 0.3) is 0 Å². The Morgan fingerprint density at radius 3 is 2.15 bits per heavy atom. The average molecular weight is 450 g/mol. The molecule has 2 N–H and O–H groups in total. The third-order valence-electron chi connectivity index (χ3n) is 4.98. The van der Waals surface area contributed by atoms with Crippen LogP contribution >= 0.6 is 0 Å². The molecule has 0 aliphatic carbocycles. The molecule has 0 saturated heterocycles. The van der Waals surface area contributed by atoms with Crippen LogP contribution in [0.3, 0.4) is 0 Å². The number of ether oxygens (including phenoxy) is 1. The average Bonchev–Trinajstić information content (AvgIpc) is 3.28. The van der Waals surface area contributed by atoms with Crippen molar-refractivity contribution in [3.63, 3.8) is 0 Å². The Kier molecular flexibility index (Phi) is 6.68. The quantitative estimate of drug-likeness (QED) is 0.400. The number of hydrogen-bond donors (Lipinski definition) is 2. The molecule has 2 aromatic carbocycles. The maximum absolute atomic E-state index is 13.3. The first-order valence-electron chi connectivity index (χ1n) is 10.3. The van der Waals surface area contributed by atoms with Crippen molar-refractivity contribution in [3.05, 3.63) is 111 Å². The molecule has 0 saturated carbocycles. The van der Waals surface area contributed by atoms with E-state index in [-0.39, 0.29) is 24.3 Å². The zero-order chi connectivity index (χ0) is 23.2. The van der Waals surface area contributed by atoms with Gasteiger partial charge < -0.3 is 4.74 Å². The first kappa shape index (κ1) is 22.1. The van der Waals surface area contributed by atoms with Gasteiger partial charge in [-0.2, -0.15) is 10.2 Å². The Balaban J connectivity index is 1.38. The summed E-state index contributed by atoms with van der Waals surface area (Å²) in [7, 11) is 0. The zero-order valence-electron chi connectivity index (χ0n) is 17.5. The summed E-state index contributed by atoms with van der Waals surface area (Å²) < 4.78 is 31.9. The number of aryl methyl sites for hydroxylation is 4. The predicted octanol–water partition coefficient (Wildman–Crippen LogP) is 3.56. The molecule has 2 heterocycles. The van der Waals surface area contributed by atoms with E-state index in [0.717, 1.165) is 18.1 Å². The molecular weight excluding hydrogens is 430 g/mol. The van der Waals surface area contributed by atoms with E-state index < -0.39 is 23.2 Å². The molecule has 0 aliphatic rings. The molecule has 4 rings (SSSR count). The number of H-pyrrole nitrogens is 2. The molecule has 0 fully saturated rings. The molecule has 168 valence electrons. The van der Waals surface area contributed by atoms with Crippen molar-refractivity contribution >= 4 is 5.97 Å². The van der Waals surface area contributed by atoms with E-state index in [1.165, 1.54) is 18.2 Å². The van der Waals surface area contributed by atoms with Crippen LogP contribution in [0.25, 0.3) is 0 Å². The number of nitrogens with one attached hydrogen (secondary N) is 2. The van der Waals surface area contributed by atoms with E-state index >= 15 is 0 Å². The second-order valence-electron chi connectivity index (χ2n) is 7.48. The second kappa shape index (κ2) is 9.99. The van der Waals surface area contributed by atoms with Crippen molar-refractivity contribution in [2.45, 2.75) is 25.7 Å². The van der Waals surface area contributed by atoms with Gasteiger partial charge >= 0.3 is 11.5 Å². The molecule has 0 atom stereocenters. The standard InChI is InChI=1S/C24H20F2N4O3/c25-17-10-16(11-18(26)12-17)7-9-20-14-22(23(31)30-28-20)33-24(32)21-13-19(27-29-21)8-6-15-4-2-1-3-5-15/h1-5,10-14H,6-9H2,(H,27,29)(H,30,31). The Morgan fingerprint density at radius 1 is 0.788 bits per heavy atom.